The van der Waals surface area contributed by atoms with E-state index in [1.54, 1.807) is 10.9 Å². The maximum Gasteiger partial charge on any atom is 0.263 e. The number of nitrogens with one attached hydrogen (secondary N) is 2. The third-order valence-corrected chi connectivity index (χ3v) is 5.79. The van der Waals surface area contributed by atoms with Crippen molar-refractivity contribution in [1.82, 2.24) is 19.7 Å². The van der Waals surface area contributed by atoms with Gasteiger partial charge in [0.1, 0.15) is 5.39 Å². The van der Waals surface area contributed by atoms with Crippen LogP contribution in [0.2, 0.25) is 0 Å². The van der Waals surface area contributed by atoms with Gasteiger partial charge in [-0.15, -0.1) is 0 Å². The van der Waals surface area contributed by atoms with Crippen LogP contribution in [0.3, 0.4) is 0 Å². The van der Waals surface area contributed by atoms with Crippen molar-refractivity contribution in [2.24, 2.45) is 0 Å². The Morgan fingerprint density at radius 2 is 2.04 bits per heavy atom. The van der Waals surface area contributed by atoms with Crippen LogP contribution in [0.4, 0.5) is 5.95 Å². The molecule has 1 aliphatic heterocycles. The minimum absolute atomic E-state index is 0.0200. The van der Waals surface area contributed by atoms with Crippen molar-refractivity contribution in [2.75, 3.05) is 11.9 Å². The van der Waals surface area contributed by atoms with E-state index in [0.29, 0.717) is 17.0 Å². The summed E-state index contributed by atoms with van der Waals surface area (Å²) in [5, 5.41) is 8.29. The molecule has 0 bridgehead atoms. The van der Waals surface area contributed by atoms with E-state index >= 15 is 0 Å². The molecule has 27 heavy (non-hydrogen) atoms. The van der Waals surface area contributed by atoms with Crippen molar-refractivity contribution in [1.29, 1.82) is 0 Å². The van der Waals surface area contributed by atoms with Crippen LogP contribution in [0.1, 0.15) is 38.5 Å². The number of aromatic nitrogens is 4. The molecule has 2 fully saturated rings. The fourth-order valence-electron chi connectivity index (χ4n) is 4.46. The molecule has 1 spiro atoms. The molecule has 1 aliphatic carbocycles. The first-order chi connectivity index (χ1) is 13.2. The van der Waals surface area contributed by atoms with Crippen molar-refractivity contribution in [2.45, 2.75) is 50.2 Å². The Labute approximate surface area is 156 Å². The van der Waals surface area contributed by atoms with Gasteiger partial charge in [-0.1, -0.05) is 31.0 Å². The van der Waals surface area contributed by atoms with Crippen molar-refractivity contribution >= 4 is 17.0 Å². The molecular weight excluding hydrogens is 342 g/mol. The third-order valence-electron chi connectivity index (χ3n) is 5.79. The average Bonchev–Trinajstić information content (AvgIpc) is 3.30. The van der Waals surface area contributed by atoms with Crippen LogP contribution in [0.5, 0.6) is 0 Å². The molecule has 7 nitrogen and oxygen atoms in total. The van der Waals surface area contributed by atoms with E-state index in [4.69, 9.17) is 4.74 Å². The van der Waals surface area contributed by atoms with Crippen molar-refractivity contribution in [3.05, 3.63) is 46.9 Å². The molecule has 2 aromatic heterocycles. The fourth-order valence-corrected chi connectivity index (χ4v) is 4.46. The normalized spacial score (nSPS) is 21.7. The second kappa shape index (κ2) is 6.49. The van der Waals surface area contributed by atoms with E-state index in [1.165, 1.54) is 12.8 Å². The highest BCUT2D eigenvalue weighted by atomic mass is 16.5. The second-order valence-electron chi connectivity index (χ2n) is 7.62. The molecule has 1 unspecified atom stereocenters. The SMILES string of the molecule is O=c1[nH]c(NC2CCOC3(CCCC3)C2)nc2c1cnn2-c1ccccc1. The highest BCUT2D eigenvalue weighted by Crippen LogP contribution is 2.40. The molecule has 5 rings (SSSR count). The van der Waals surface area contributed by atoms with Gasteiger partial charge in [-0.2, -0.15) is 10.1 Å². The summed E-state index contributed by atoms with van der Waals surface area (Å²) in [6.45, 7) is 0.756. The highest BCUT2D eigenvalue weighted by Gasteiger charge is 2.40. The first kappa shape index (κ1) is 16.5. The Bertz CT molecular complexity index is 1000. The van der Waals surface area contributed by atoms with Crippen LogP contribution in [0.15, 0.2) is 41.3 Å². The largest absolute Gasteiger partial charge is 0.375 e. The molecule has 7 heteroatoms. The van der Waals surface area contributed by atoms with Gasteiger partial charge in [0.15, 0.2) is 5.65 Å². The Morgan fingerprint density at radius 1 is 1.22 bits per heavy atom. The Hall–Kier alpha value is -2.67. The van der Waals surface area contributed by atoms with Crippen LogP contribution in [-0.2, 0) is 4.74 Å². The summed E-state index contributed by atoms with van der Waals surface area (Å²) in [5.74, 6) is 0.505. The van der Waals surface area contributed by atoms with Gasteiger partial charge in [0.05, 0.1) is 17.5 Å². The topological polar surface area (TPSA) is 84.8 Å². The van der Waals surface area contributed by atoms with Crippen LogP contribution in [0, 0.1) is 0 Å². The summed E-state index contributed by atoms with van der Waals surface area (Å²) >= 11 is 0. The highest BCUT2D eigenvalue weighted by molar-refractivity contribution is 5.76. The van der Waals surface area contributed by atoms with Gasteiger partial charge in [0.2, 0.25) is 5.95 Å². The smallest absolute Gasteiger partial charge is 0.263 e. The molecule has 1 saturated carbocycles. The zero-order valence-electron chi connectivity index (χ0n) is 15.1. The lowest BCUT2D eigenvalue weighted by Gasteiger charge is -2.38. The third kappa shape index (κ3) is 3.02. The lowest BCUT2D eigenvalue weighted by molar-refractivity contribution is -0.0767. The second-order valence-corrected chi connectivity index (χ2v) is 7.62. The van der Waals surface area contributed by atoms with Gasteiger partial charge in [-0.3, -0.25) is 9.78 Å². The first-order valence-corrected chi connectivity index (χ1v) is 9.66. The fraction of sp³-hybridized carbons (Fsp3) is 0.450. The lowest BCUT2D eigenvalue weighted by Crippen LogP contribution is -2.42. The number of anilines is 1. The summed E-state index contributed by atoms with van der Waals surface area (Å²) in [6.07, 6.45) is 8.20. The van der Waals surface area contributed by atoms with Crippen LogP contribution < -0.4 is 10.9 Å². The lowest BCUT2D eigenvalue weighted by atomic mass is 9.89. The zero-order valence-corrected chi connectivity index (χ0v) is 15.1. The average molecular weight is 365 g/mol. The molecule has 2 aliphatic rings. The van der Waals surface area contributed by atoms with E-state index in [0.717, 1.165) is 38.0 Å². The van der Waals surface area contributed by atoms with Crippen LogP contribution in [0.25, 0.3) is 16.7 Å². The van der Waals surface area contributed by atoms with E-state index in [-0.39, 0.29) is 17.2 Å². The minimum atomic E-state index is -0.174. The molecule has 1 aromatic carbocycles. The summed E-state index contributed by atoms with van der Waals surface area (Å²) < 4.78 is 7.81. The predicted molar refractivity (Wildman–Crippen MR) is 103 cm³/mol. The number of ether oxygens (including phenoxy) is 1. The summed E-state index contributed by atoms with van der Waals surface area (Å²) in [5.41, 5.74) is 1.29. The monoisotopic (exact) mass is 365 g/mol. The zero-order chi connectivity index (χ0) is 18.3. The molecule has 1 atom stereocenters. The van der Waals surface area contributed by atoms with E-state index in [1.807, 2.05) is 30.3 Å². The first-order valence-electron chi connectivity index (χ1n) is 9.66. The van der Waals surface area contributed by atoms with Gasteiger partial charge < -0.3 is 10.1 Å². The molecule has 1 saturated heterocycles. The Balaban J connectivity index is 1.46. The van der Waals surface area contributed by atoms with E-state index in [2.05, 4.69) is 20.4 Å². The molecular formula is C20H23N5O2. The van der Waals surface area contributed by atoms with Gasteiger partial charge in [-0.05, 0) is 37.8 Å². The quantitative estimate of drug-likeness (QED) is 0.745. The minimum Gasteiger partial charge on any atom is -0.375 e. The van der Waals surface area contributed by atoms with E-state index < -0.39 is 0 Å². The number of aromatic amines is 1. The van der Waals surface area contributed by atoms with Gasteiger partial charge >= 0.3 is 0 Å². The van der Waals surface area contributed by atoms with Gasteiger partial charge in [-0.25, -0.2) is 4.68 Å². The van der Waals surface area contributed by atoms with Crippen LogP contribution in [-0.4, -0.2) is 38.0 Å². The molecule has 2 N–H and O–H groups in total. The molecule has 140 valence electrons. The van der Waals surface area contributed by atoms with Crippen LogP contribution >= 0.6 is 0 Å². The molecule has 0 radical (unpaired) electrons. The van der Waals surface area contributed by atoms with Crippen molar-refractivity contribution in [3.8, 4) is 5.69 Å². The maximum absolute atomic E-state index is 12.5. The number of hydrogen-bond donors (Lipinski definition) is 2. The van der Waals surface area contributed by atoms with E-state index in [9.17, 15) is 4.79 Å². The summed E-state index contributed by atoms with van der Waals surface area (Å²) in [7, 11) is 0. The number of nitrogens with zero attached hydrogens (tertiary/aromatic N) is 3. The van der Waals surface area contributed by atoms with Crippen molar-refractivity contribution < 1.29 is 4.74 Å². The van der Waals surface area contributed by atoms with Gasteiger partial charge in [0.25, 0.3) is 5.56 Å². The maximum atomic E-state index is 12.5. The Kier molecular flexibility index (Phi) is 3.97. The summed E-state index contributed by atoms with van der Waals surface area (Å²) in [4.78, 5) is 20.1. The van der Waals surface area contributed by atoms with Crippen molar-refractivity contribution in [3.63, 3.8) is 0 Å². The number of hydrogen-bond acceptors (Lipinski definition) is 5. The standard InChI is InChI=1S/C20H23N5O2/c26-18-16-13-21-25(15-6-2-1-3-7-15)17(16)23-19(24-18)22-14-8-11-27-20(12-14)9-4-5-10-20/h1-3,6-7,13-14H,4-5,8-12H2,(H2,22,23,24,26). The predicted octanol–water partition coefficient (Wildman–Crippen LogP) is 3.01. The molecule has 3 aromatic rings. The summed E-state index contributed by atoms with van der Waals surface area (Å²) in [6, 6.07) is 9.99. The number of fused-ring (bicyclic) bond motifs is 1. The number of para-hydroxylation sites is 1. The number of rotatable bonds is 3. The number of benzene rings is 1. The molecule has 3 heterocycles. The molecule has 0 amide bonds. The van der Waals surface area contributed by atoms with Gasteiger partial charge in [0, 0.05) is 12.6 Å². The number of H-pyrrole nitrogens is 1. The Morgan fingerprint density at radius 3 is 2.85 bits per heavy atom.